The maximum absolute atomic E-state index is 10.5. The number of aromatic nitrogens is 3. The Labute approximate surface area is 91.3 Å². The van der Waals surface area contributed by atoms with Gasteiger partial charge in [0.2, 0.25) is 0 Å². The molecule has 0 aliphatic carbocycles. The second-order valence-electron chi connectivity index (χ2n) is 3.24. The van der Waals surface area contributed by atoms with Gasteiger partial charge in [-0.25, -0.2) is 4.79 Å². The van der Waals surface area contributed by atoms with E-state index in [0.29, 0.717) is 5.82 Å². The van der Waals surface area contributed by atoms with Gasteiger partial charge in [-0.2, -0.15) is 5.10 Å². The molecule has 0 unspecified atom stereocenters. The molecule has 82 valence electrons. The Bertz CT molecular complexity index is 507. The number of carbonyl (C=O) groups is 1. The second-order valence-corrected chi connectivity index (χ2v) is 3.24. The SMILES string of the molecule is Cc1c(NC(=O)O)n[nH]c1-c1ccncc1. The normalized spacial score (nSPS) is 10.1. The Kier molecular flexibility index (Phi) is 2.55. The highest BCUT2D eigenvalue weighted by molar-refractivity contribution is 5.84. The van der Waals surface area contributed by atoms with Crippen molar-refractivity contribution in [2.75, 3.05) is 5.32 Å². The van der Waals surface area contributed by atoms with E-state index in [1.807, 2.05) is 12.1 Å². The molecule has 0 saturated heterocycles. The summed E-state index contributed by atoms with van der Waals surface area (Å²) in [5.41, 5.74) is 2.46. The first-order chi connectivity index (χ1) is 7.68. The first-order valence-corrected chi connectivity index (χ1v) is 4.64. The molecule has 0 bridgehead atoms. The number of aromatic amines is 1. The predicted molar refractivity (Wildman–Crippen MR) is 58.2 cm³/mol. The van der Waals surface area contributed by atoms with Crippen LogP contribution in [0.2, 0.25) is 0 Å². The van der Waals surface area contributed by atoms with Gasteiger partial charge in [0.25, 0.3) is 0 Å². The highest BCUT2D eigenvalue weighted by Gasteiger charge is 2.11. The van der Waals surface area contributed by atoms with E-state index in [9.17, 15) is 4.79 Å². The standard InChI is InChI=1S/C10H10N4O2/c1-6-8(7-2-4-11-5-3-7)13-14-9(6)12-10(15)16/h2-5H,1H3,(H,15,16)(H2,12,13,14). The number of amides is 1. The van der Waals surface area contributed by atoms with Gasteiger partial charge in [-0.05, 0) is 19.1 Å². The molecule has 16 heavy (non-hydrogen) atoms. The maximum atomic E-state index is 10.5. The van der Waals surface area contributed by atoms with Gasteiger partial charge in [0.05, 0.1) is 5.69 Å². The van der Waals surface area contributed by atoms with Crippen molar-refractivity contribution in [1.29, 1.82) is 0 Å². The number of anilines is 1. The predicted octanol–water partition coefficient (Wildman–Crippen LogP) is 1.87. The van der Waals surface area contributed by atoms with Gasteiger partial charge in [-0.15, -0.1) is 0 Å². The molecule has 6 heteroatoms. The Morgan fingerprint density at radius 3 is 2.75 bits per heavy atom. The summed E-state index contributed by atoms with van der Waals surface area (Å²) in [6.45, 7) is 1.80. The minimum Gasteiger partial charge on any atom is -0.465 e. The van der Waals surface area contributed by atoms with Crippen LogP contribution < -0.4 is 5.32 Å². The number of carboxylic acid groups (broad SMARTS) is 1. The van der Waals surface area contributed by atoms with Crippen LogP contribution in [0.1, 0.15) is 5.56 Å². The number of nitrogens with one attached hydrogen (secondary N) is 2. The molecule has 0 aromatic carbocycles. The van der Waals surface area contributed by atoms with Gasteiger partial charge in [0.15, 0.2) is 5.82 Å². The van der Waals surface area contributed by atoms with Gasteiger partial charge in [-0.3, -0.25) is 15.4 Å². The van der Waals surface area contributed by atoms with Crippen molar-refractivity contribution in [3.8, 4) is 11.3 Å². The minimum atomic E-state index is -1.13. The Hall–Kier alpha value is -2.37. The summed E-state index contributed by atoms with van der Waals surface area (Å²) >= 11 is 0. The summed E-state index contributed by atoms with van der Waals surface area (Å²) in [7, 11) is 0. The van der Waals surface area contributed by atoms with Crippen LogP contribution in [0.15, 0.2) is 24.5 Å². The third-order valence-electron chi connectivity index (χ3n) is 2.20. The fourth-order valence-electron chi connectivity index (χ4n) is 1.42. The lowest BCUT2D eigenvalue weighted by Crippen LogP contribution is -2.08. The van der Waals surface area contributed by atoms with Crippen LogP contribution in [0.4, 0.5) is 10.6 Å². The first-order valence-electron chi connectivity index (χ1n) is 4.64. The van der Waals surface area contributed by atoms with E-state index in [-0.39, 0.29) is 0 Å². The summed E-state index contributed by atoms with van der Waals surface area (Å²) in [4.78, 5) is 14.4. The van der Waals surface area contributed by atoms with Gasteiger partial charge in [0, 0.05) is 23.5 Å². The summed E-state index contributed by atoms with van der Waals surface area (Å²) < 4.78 is 0. The van der Waals surface area contributed by atoms with Crippen molar-refractivity contribution in [3.63, 3.8) is 0 Å². The van der Waals surface area contributed by atoms with Crippen molar-refractivity contribution in [2.45, 2.75) is 6.92 Å². The second kappa shape index (κ2) is 4.01. The van der Waals surface area contributed by atoms with E-state index >= 15 is 0 Å². The van der Waals surface area contributed by atoms with E-state index < -0.39 is 6.09 Å². The lowest BCUT2D eigenvalue weighted by Gasteiger charge is -1.99. The molecule has 3 N–H and O–H groups in total. The fourth-order valence-corrected chi connectivity index (χ4v) is 1.42. The summed E-state index contributed by atoms with van der Waals surface area (Å²) in [6.07, 6.45) is 2.20. The summed E-state index contributed by atoms with van der Waals surface area (Å²) in [6, 6.07) is 3.65. The van der Waals surface area contributed by atoms with Crippen molar-refractivity contribution < 1.29 is 9.90 Å². The Morgan fingerprint density at radius 1 is 1.44 bits per heavy atom. The molecule has 0 aliphatic rings. The molecule has 0 saturated carbocycles. The number of hydrogen-bond acceptors (Lipinski definition) is 3. The number of H-pyrrole nitrogens is 1. The topological polar surface area (TPSA) is 90.9 Å². The molecule has 0 atom stereocenters. The summed E-state index contributed by atoms with van der Waals surface area (Å²) in [5.74, 6) is 0.319. The molecule has 2 aromatic heterocycles. The van der Waals surface area contributed by atoms with E-state index in [1.54, 1.807) is 19.3 Å². The van der Waals surface area contributed by atoms with Crippen molar-refractivity contribution in [1.82, 2.24) is 15.2 Å². The minimum absolute atomic E-state index is 0.319. The lowest BCUT2D eigenvalue weighted by molar-refractivity contribution is 0.209. The Morgan fingerprint density at radius 2 is 2.12 bits per heavy atom. The molecule has 0 fully saturated rings. The molecule has 2 heterocycles. The molecule has 1 amide bonds. The van der Waals surface area contributed by atoms with Gasteiger partial charge in [-0.1, -0.05) is 0 Å². The van der Waals surface area contributed by atoms with Gasteiger partial charge < -0.3 is 5.11 Å². The smallest absolute Gasteiger partial charge is 0.410 e. The molecule has 2 aromatic rings. The van der Waals surface area contributed by atoms with Crippen LogP contribution in [0.3, 0.4) is 0 Å². The molecule has 0 radical (unpaired) electrons. The monoisotopic (exact) mass is 218 g/mol. The number of nitrogens with zero attached hydrogens (tertiary/aromatic N) is 2. The molecular weight excluding hydrogens is 208 g/mol. The van der Waals surface area contributed by atoms with Crippen molar-refractivity contribution >= 4 is 11.9 Å². The van der Waals surface area contributed by atoms with Gasteiger partial charge in [0.1, 0.15) is 0 Å². The van der Waals surface area contributed by atoms with Crippen LogP contribution in [-0.4, -0.2) is 26.4 Å². The lowest BCUT2D eigenvalue weighted by atomic mass is 10.1. The zero-order valence-corrected chi connectivity index (χ0v) is 8.56. The number of rotatable bonds is 2. The molecule has 0 spiro atoms. The van der Waals surface area contributed by atoms with E-state index in [0.717, 1.165) is 16.8 Å². The zero-order valence-electron chi connectivity index (χ0n) is 8.56. The van der Waals surface area contributed by atoms with E-state index in [4.69, 9.17) is 5.11 Å². The quantitative estimate of drug-likeness (QED) is 0.717. The Balaban J connectivity index is 2.37. The van der Waals surface area contributed by atoms with E-state index in [1.165, 1.54) is 0 Å². The van der Waals surface area contributed by atoms with E-state index in [2.05, 4.69) is 20.5 Å². The van der Waals surface area contributed by atoms with Crippen LogP contribution in [0.25, 0.3) is 11.3 Å². The van der Waals surface area contributed by atoms with Crippen molar-refractivity contribution in [2.24, 2.45) is 0 Å². The van der Waals surface area contributed by atoms with Crippen LogP contribution in [-0.2, 0) is 0 Å². The van der Waals surface area contributed by atoms with Crippen LogP contribution in [0, 0.1) is 6.92 Å². The molecule has 6 nitrogen and oxygen atoms in total. The molecule has 0 aliphatic heterocycles. The van der Waals surface area contributed by atoms with Crippen molar-refractivity contribution in [3.05, 3.63) is 30.1 Å². The summed E-state index contributed by atoms with van der Waals surface area (Å²) in [5, 5.41) is 17.5. The third kappa shape index (κ3) is 1.85. The number of pyridine rings is 1. The molecule has 2 rings (SSSR count). The molecular formula is C10H10N4O2. The largest absolute Gasteiger partial charge is 0.465 e. The fraction of sp³-hybridized carbons (Fsp3) is 0.100. The zero-order chi connectivity index (χ0) is 11.5. The number of hydrogen-bond donors (Lipinski definition) is 3. The van der Waals surface area contributed by atoms with Crippen LogP contribution in [0.5, 0.6) is 0 Å². The third-order valence-corrected chi connectivity index (χ3v) is 2.20. The average Bonchev–Trinajstić information content (AvgIpc) is 2.61. The average molecular weight is 218 g/mol. The van der Waals surface area contributed by atoms with Gasteiger partial charge >= 0.3 is 6.09 Å². The highest BCUT2D eigenvalue weighted by atomic mass is 16.4. The van der Waals surface area contributed by atoms with Crippen LogP contribution >= 0.6 is 0 Å². The maximum Gasteiger partial charge on any atom is 0.410 e. The highest BCUT2D eigenvalue weighted by Crippen LogP contribution is 2.24. The first kappa shape index (κ1) is 10.2.